The second-order valence-corrected chi connectivity index (χ2v) is 5.57. The Balaban J connectivity index is 3.27. The number of hydrogen-bond acceptors (Lipinski definition) is 2. The molecule has 0 saturated heterocycles. The van der Waals surface area contributed by atoms with E-state index in [1.54, 1.807) is 6.92 Å². The Bertz CT molecular complexity index is 412. The van der Waals surface area contributed by atoms with Gasteiger partial charge >= 0.3 is 0 Å². The summed E-state index contributed by atoms with van der Waals surface area (Å²) in [6.07, 6.45) is 0. The molecule has 0 aliphatic heterocycles. The molecule has 0 unspecified atom stereocenters. The van der Waals surface area contributed by atoms with Crippen molar-refractivity contribution in [2.24, 2.45) is 0 Å². The van der Waals surface area contributed by atoms with Crippen LogP contribution in [-0.2, 0) is 9.84 Å². The molecule has 2 nitrogen and oxygen atoms in total. The van der Waals surface area contributed by atoms with E-state index in [0.717, 1.165) is 0 Å². The second kappa shape index (κ2) is 3.86. The van der Waals surface area contributed by atoms with Crippen LogP contribution in [0.5, 0.6) is 0 Å². The van der Waals surface area contributed by atoms with E-state index in [9.17, 15) is 8.42 Å². The fraction of sp³-hybridized carbons (Fsp3) is 0.250. The van der Waals surface area contributed by atoms with Crippen molar-refractivity contribution in [3.63, 3.8) is 0 Å². The zero-order valence-corrected chi connectivity index (χ0v) is 9.25. The molecule has 0 radical (unpaired) electrons. The van der Waals surface area contributed by atoms with Gasteiger partial charge in [-0.2, -0.15) is 0 Å². The highest BCUT2D eigenvalue weighted by molar-refractivity contribution is 7.91. The first kappa shape index (κ1) is 10.8. The van der Waals surface area contributed by atoms with E-state index in [1.807, 2.05) is 0 Å². The van der Waals surface area contributed by atoms with Crippen molar-refractivity contribution in [1.82, 2.24) is 0 Å². The molecule has 0 N–H and O–H groups in total. The number of halogens is 2. The molecule has 72 valence electrons. The van der Waals surface area contributed by atoms with Gasteiger partial charge in [-0.15, -0.1) is 0 Å². The van der Waals surface area contributed by atoms with E-state index in [2.05, 4.69) is 0 Å². The number of benzene rings is 1. The highest BCUT2D eigenvalue weighted by Gasteiger charge is 2.12. The molecular weight excluding hydrogens is 231 g/mol. The lowest BCUT2D eigenvalue weighted by Gasteiger charge is -2.02. The van der Waals surface area contributed by atoms with E-state index in [4.69, 9.17) is 23.2 Å². The average molecular weight is 239 g/mol. The molecule has 13 heavy (non-hydrogen) atoms. The van der Waals surface area contributed by atoms with E-state index < -0.39 is 9.84 Å². The highest BCUT2D eigenvalue weighted by atomic mass is 35.5. The Kier molecular flexibility index (Phi) is 3.22. The van der Waals surface area contributed by atoms with Gasteiger partial charge in [0, 0.05) is 0 Å². The molecule has 1 aromatic carbocycles. The molecule has 0 aromatic heterocycles. The van der Waals surface area contributed by atoms with Gasteiger partial charge in [0.05, 0.1) is 20.7 Å². The van der Waals surface area contributed by atoms with Gasteiger partial charge in [0.2, 0.25) is 0 Å². The third-order valence-electron chi connectivity index (χ3n) is 1.63. The van der Waals surface area contributed by atoms with Crippen molar-refractivity contribution < 1.29 is 8.42 Å². The molecule has 0 amide bonds. The third kappa shape index (κ3) is 2.36. The SMILES string of the molecule is CCS(=O)(=O)c1ccc(Cl)c(Cl)c1. The van der Waals surface area contributed by atoms with Crippen LogP contribution in [0.25, 0.3) is 0 Å². The lowest BCUT2D eigenvalue weighted by atomic mass is 10.4. The van der Waals surface area contributed by atoms with Gasteiger partial charge in [-0.3, -0.25) is 0 Å². The fourth-order valence-corrected chi connectivity index (χ4v) is 2.11. The van der Waals surface area contributed by atoms with Crippen LogP contribution in [-0.4, -0.2) is 14.2 Å². The van der Waals surface area contributed by atoms with Crippen LogP contribution < -0.4 is 0 Å². The number of sulfone groups is 1. The summed E-state index contributed by atoms with van der Waals surface area (Å²) in [5.41, 5.74) is 0. The van der Waals surface area contributed by atoms with Crippen molar-refractivity contribution in [3.05, 3.63) is 28.2 Å². The molecule has 0 bridgehead atoms. The van der Waals surface area contributed by atoms with E-state index in [0.29, 0.717) is 5.02 Å². The topological polar surface area (TPSA) is 34.1 Å². The van der Waals surface area contributed by atoms with E-state index in [-0.39, 0.29) is 15.7 Å². The first-order valence-corrected chi connectivity index (χ1v) is 6.06. The maximum Gasteiger partial charge on any atom is 0.178 e. The van der Waals surface area contributed by atoms with Crippen molar-refractivity contribution in [3.8, 4) is 0 Å². The summed E-state index contributed by atoms with van der Waals surface area (Å²) in [6, 6.07) is 4.29. The molecule has 5 heteroatoms. The lowest BCUT2D eigenvalue weighted by molar-refractivity contribution is 0.597. The summed E-state index contributed by atoms with van der Waals surface area (Å²) in [6.45, 7) is 1.58. The van der Waals surface area contributed by atoms with Gasteiger partial charge in [-0.1, -0.05) is 30.1 Å². The molecule has 0 aliphatic carbocycles. The van der Waals surface area contributed by atoms with Crippen LogP contribution in [0.4, 0.5) is 0 Å². The summed E-state index contributed by atoms with van der Waals surface area (Å²) in [4.78, 5) is 0.212. The molecule has 0 spiro atoms. The minimum atomic E-state index is -3.18. The smallest absolute Gasteiger partial charge is 0.178 e. The molecule has 0 aliphatic rings. The Morgan fingerprint density at radius 2 is 1.85 bits per heavy atom. The molecule has 0 atom stereocenters. The van der Waals surface area contributed by atoms with Crippen LogP contribution >= 0.6 is 23.2 Å². The van der Waals surface area contributed by atoms with Crippen LogP contribution in [0.15, 0.2) is 23.1 Å². The summed E-state index contributed by atoms with van der Waals surface area (Å²) < 4.78 is 22.7. The summed E-state index contributed by atoms with van der Waals surface area (Å²) in [7, 11) is -3.18. The lowest BCUT2D eigenvalue weighted by Crippen LogP contribution is -2.03. The van der Waals surface area contributed by atoms with E-state index in [1.165, 1.54) is 18.2 Å². The zero-order valence-electron chi connectivity index (χ0n) is 6.92. The minimum Gasteiger partial charge on any atom is -0.224 e. The molecule has 0 heterocycles. The normalized spacial score (nSPS) is 11.6. The van der Waals surface area contributed by atoms with Gasteiger partial charge in [-0.25, -0.2) is 8.42 Å². The average Bonchev–Trinajstić information content (AvgIpc) is 2.09. The summed E-state index contributed by atoms with van der Waals surface area (Å²) >= 11 is 11.3. The van der Waals surface area contributed by atoms with Crippen molar-refractivity contribution in [2.45, 2.75) is 11.8 Å². The van der Waals surface area contributed by atoms with Crippen LogP contribution in [0.1, 0.15) is 6.92 Å². The summed E-state index contributed by atoms with van der Waals surface area (Å²) in [5.74, 6) is 0.0605. The number of rotatable bonds is 2. The van der Waals surface area contributed by atoms with Gasteiger partial charge in [0.15, 0.2) is 9.84 Å². The maximum atomic E-state index is 11.4. The predicted octanol–water partition coefficient (Wildman–Crippen LogP) is 2.79. The van der Waals surface area contributed by atoms with Crippen molar-refractivity contribution in [1.29, 1.82) is 0 Å². The molecule has 1 rings (SSSR count). The first-order chi connectivity index (χ1) is 5.97. The fourth-order valence-electron chi connectivity index (χ4n) is 0.837. The Morgan fingerprint density at radius 1 is 1.23 bits per heavy atom. The number of hydrogen-bond donors (Lipinski definition) is 0. The second-order valence-electron chi connectivity index (χ2n) is 2.48. The van der Waals surface area contributed by atoms with Crippen LogP contribution in [0.2, 0.25) is 10.0 Å². The Hall–Kier alpha value is -0.250. The molecular formula is C8H8Cl2O2S. The highest BCUT2D eigenvalue weighted by Crippen LogP contribution is 2.25. The largest absolute Gasteiger partial charge is 0.224 e. The monoisotopic (exact) mass is 238 g/mol. The van der Waals surface area contributed by atoms with E-state index >= 15 is 0 Å². The zero-order chi connectivity index (χ0) is 10.1. The standard InChI is InChI=1S/C8H8Cl2O2S/c1-2-13(11,12)6-3-4-7(9)8(10)5-6/h3-5H,2H2,1H3. The van der Waals surface area contributed by atoms with Gasteiger partial charge in [0.1, 0.15) is 0 Å². The van der Waals surface area contributed by atoms with Crippen LogP contribution in [0, 0.1) is 0 Å². The molecule has 0 fully saturated rings. The molecule has 0 saturated carbocycles. The Labute approximate surface area is 87.4 Å². The Morgan fingerprint density at radius 3 is 2.31 bits per heavy atom. The van der Waals surface area contributed by atoms with Crippen molar-refractivity contribution >= 4 is 33.0 Å². The quantitative estimate of drug-likeness (QED) is 0.795. The minimum absolute atomic E-state index is 0.0605. The predicted molar refractivity (Wildman–Crippen MR) is 54.2 cm³/mol. The molecule has 1 aromatic rings. The summed E-state index contributed by atoms with van der Waals surface area (Å²) in [5, 5.41) is 0.618. The first-order valence-electron chi connectivity index (χ1n) is 3.65. The third-order valence-corrected chi connectivity index (χ3v) is 4.10. The maximum absolute atomic E-state index is 11.4. The van der Waals surface area contributed by atoms with Gasteiger partial charge in [-0.05, 0) is 18.2 Å². The van der Waals surface area contributed by atoms with Gasteiger partial charge < -0.3 is 0 Å². The van der Waals surface area contributed by atoms with Crippen molar-refractivity contribution in [2.75, 3.05) is 5.75 Å². The van der Waals surface area contributed by atoms with Crippen LogP contribution in [0.3, 0.4) is 0 Å². The van der Waals surface area contributed by atoms with Gasteiger partial charge in [0.25, 0.3) is 0 Å².